The predicted molar refractivity (Wildman–Crippen MR) is 536 cm³/mol. The summed E-state index contributed by atoms with van der Waals surface area (Å²) in [7, 11) is -15.3. The minimum atomic E-state index is -3.85. The number of aromatic nitrogens is 10. The molecule has 0 aliphatic carbocycles. The van der Waals surface area contributed by atoms with Crippen molar-refractivity contribution in [2.45, 2.75) is 138 Å². The first-order chi connectivity index (χ1) is 67.7. The lowest BCUT2D eigenvalue weighted by Crippen LogP contribution is -2.31. The fourth-order valence-corrected chi connectivity index (χ4v) is 20.1. The molecule has 0 aliphatic heterocycles. The van der Waals surface area contributed by atoms with Gasteiger partial charge in [0.1, 0.15) is 39.5 Å². The molecule has 0 saturated heterocycles. The van der Waals surface area contributed by atoms with Crippen molar-refractivity contribution in [2.75, 3.05) is 6.61 Å². The van der Waals surface area contributed by atoms with Gasteiger partial charge in [-0.15, -0.1) is 0 Å². The van der Waals surface area contributed by atoms with Crippen LogP contribution in [-0.2, 0) is 131 Å². The van der Waals surface area contributed by atoms with Gasteiger partial charge in [0.2, 0.25) is 20.0 Å². The van der Waals surface area contributed by atoms with Crippen LogP contribution in [0.4, 0.5) is 0 Å². The molecule has 27 nitrogen and oxygen atoms in total. The zero-order chi connectivity index (χ0) is 98.7. The van der Waals surface area contributed by atoms with Gasteiger partial charge in [-0.2, -0.15) is 17.2 Å². The highest BCUT2D eigenvalue weighted by Gasteiger charge is 2.31. The molecule has 0 saturated carbocycles. The van der Waals surface area contributed by atoms with E-state index in [-0.39, 0.29) is 102 Å². The van der Waals surface area contributed by atoms with Gasteiger partial charge < -0.3 is 19.1 Å². The molecule has 0 amide bonds. The number of nitrogens with zero attached hydrogens (tertiary/aromatic N) is 14. The molecule has 31 heteroatoms. The van der Waals surface area contributed by atoms with Crippen LogP contribution in [0.2, 0.25) is 0 Å². The average molecular weight is 1950 g/mol. The summed E-state index contributed by atoms with van der Waals surface area (Å²) < 4.78 is 120. The highest BCUT2D eigenvalue weighted by molar-refractivity contribution is 7.90. The maximum absolute atomic E-state index is 13.6. The zero-order valence-corrected chi connectivity index (χ0v) is 80.9. The Morgan fingerprint density at radius 2 is 0.571 bits per heavy atom. The fourth-order valence-electron chi connectivity index (χ4n) is 14.7. The molecule has 8 heterocycles. The first-order valence-corrected chi connectivity index (χ1v) is 50.7. The van der Waals surface area contributed by atoms with E-state index in [1.54, 1.807) is 137 Å². The molecule has 0 radical (unpaired) electrons. The second kappa shape index (κ2) is 50.3. The summed E-state index contributed by atoms with van der Waals surface area (Å²) in [6.45, 7) is 7.53. The van der Waals surface area contributed by atoms with Gasteiger partial charge in [0.05, 0.1) is 23.3 Å². The van der Waals surface area contributed by atoms with Crippen LogP contribution in [0.3, 0.4) is 0 Å². The number of hydrogen-bond donors (Lipinski definition) is 0. The van der Waals surface area contributed by atoms with E-state index < -0.39 is 40.1 Å². The van der Waals surface area contributed by atoms with Gasteiger partial charge in [-0.05, 0) is 199 Å². The number of rotatable bonds is 40. The van der Waals surface area contributed by atoms with Gasteiger partial charge in [0.15, 0.2) is 21.7 Å². The van der Waals surface area contributed by atoms with Crippen LogP contribution in [0.25, 0.3) is 45.2 Å². The Balaban J connectivity index is 0.000000157. The van der Waals surface area contributed by atoms with E-state index in [2.05, 4.69) is 49.8 Å². The number of ketones is 4. The first-order valence-electron chi connectivity index (χ1n) is 44.9. The van der Waals surface area contributed by atoms with Crippen LogP contribution in [-0.4, -0.2) is 130 Å². The lowest BCUT2D eigenvalue weighted by atomic mass is 10.0. The third kappa shape index (κ3) is 30.5. The summed E-state index contributed by atoms with van der Waals surface area (Å²) in [5.74, 6) is 1.41. The summed E-state index contributed by atoms with van der Waals surface area (Å²) in [5.41, 5.74) is 15.8. The van der Waals surface area contributed by atoms with Crippen molar-refractivity contribution in [2.24, 2.45) is 0 Å². The van der Waals surface area contributed by atoms with Crippen LogP contribution in [0.1, 0.15) is 108 Å². The minimum absolute atomic E-state index is 0.00189. The average Bonchev–Trinajstić information content (AvgIpc) is 0.809. The number of ether oxygens (including phenoxy) is 1. The smallest absolute Gasteiger partial charge is 0.261 e. The van der Waals surface area contributed by atoms with Gasteiger partial charge in [-0.1, -0.05) is 206 Å². The number of sulfonamides is 4. The number of carbonyl (C=O) groups excluding carboxylic acids is 4. The minimum Gasteiger partial charge on any atom is -0.486 e. The molecule has 8 aromatic heterocycles. The van der Waals surface area contributed by atoms with Gasteiger partial charge >= 0.3 is 0 Å². The molecular formula is C109H104N14O13S4. The van der Waals surface area contributed by atoms with Crippen molar-refractivity contribution in [3.63, 3.8) is 0 Å². The zero-order valence-electron chi connectivity index (χ0n) is 77.6. The van der Waals surface area contributed by atoms with E-state index in [4.69, 9.17) is 4.74 Å². The van der Waals surface area contributed by atoms with E-state index in [1.807, 2.05) is 212 Å². The van der Waals surface area contributed by atoms with E-state index in [9.17, 15) is 52.8 Å². The number of Topliss-reactive ketones (excluding diaryl/α,β-unsaturated/α-hetero) is 4. The highest BCUT2D eigenvalue weighted by atomic mass is 32.2. The molecule has 712 valence electrons. The van der Waals surface area contributed by atoms with E-state index in [1.165, 1.54) is 73.3 Å². The number of carbonyl (C=O) groups is 4. The van der Waals surface area contributed by atoms with Crippen LogP contribution in [0.5, 0.6) is 5.75 Å². The van der Waals surface area contributed by atoms with Crippen molar-refractivity contribution < 1.29 is 57.6 Å². The number of aryl methyl sites for hydroxylation is 3. The molecule has 0 fully saturated rings. The molecule has 0 atom stereocenters. The summed E-state index contributed by atoms with van der Waals surface area (Å²) in [6.07, 6.45) is 23.8. The van der Waals surface area contributed by atoms with Crippen molar-refractivity contribution >= 4 is 63.2 Å². The van der Waals surface area contributed by atoms with Crippen molar-refractivity contribution in [3.05, 3.63) is 439 Å². The monoisotopic (exact) mass is 1940 g/mol. The molecule has 8 aromatic carbocycles. The molecule has 0 N–H and O–H groups in total. The molecule has 140 heavy (non-hydrogen) atoms. The topological polar surface area (TPSA) is 356 Å². The third-order valence-corrected chi connectivity index (χ3v) is 28.9. The standard InChI is InChI=1S/C28H27N3O3S.2C27H26N4O3S.C27H25N3O4S/c1-22(32)10-11-23-6-4-7-25(18-23)21-31(35(33,34)27-8-5-16-29-19-27)20-24-12-14-26(15-13-24)28-9-2-3-17-30-28;1-21(32)9-10-22-6-4-7-24(18-22)20-31(35(33,34)26-8-2-3-15-28-26)19-23-11-13-25(14-12-23)27-29-16-5-17-30-27;1-21(32)8-9-22-5-4-6-24(17-22)20-31(35(33,34)27-7-2-3-14-30-27)19-23-10-12-25(13-11-23)26-18-28-15-16-29-26;1-21(31)20-34-25-7-4-6-23(16-25)19-30(35(32,33)26-8-5-14-28-17-26)18-22-10-12-24(13-11-22)27-9-2-3-15-29-27/h2-9,12-19H,10-11,20-21H2,1H3;2-8,11-18H,9-10,19-20H2,1H3;2-7,10-18H,8-9,19-20H2,1H3;2-17H,18-20H2,1H3. The summed E-state index contributed by atoms with van der Waals surface area (Å²) in [6, 6.07) is 90.1. The second-order valence-corrected chi connectivity index (χ2v) is 40.5. The van der Waals surface area contributed by atoms with Crippen LogP contribution in [0.15, 0.2) is 398 Å². The lowest BCUT2D eigenvalue weighted by molar-refractivity contribution is -0.119. The van der Waals surface area contributed by atoms with Crippen LogP contribution >= 0.6 is 0 Å². The lowest BCUT2D eigenvalue weighted by Gasteiger charge is -2.23. The molecule has 0 aliphatic rings. The first kappa shape index (κ1) is 102. The normalized spacial score (nSPS) is 11.5. The van der Waals surface area contributed by atoms with E-state index in [0.717, 1.165) is 101 Å². The number of pyridine rings is 6. The Kier molecular flexibility index (Phi) is 36.8. The Hall–Kier alpha value is -15.1. The molecule has 0 bridgehead atoms. The van der Waals surface area contributed by atoms with Crippen LogP contribution in [0, 0.1) is 0 Å². The van der Waals surface area contributed by atoms with Gasteiger partial charge in [0, 0.05) is 168 Å². The van der Waals surface area contributed by atoms with Crippen molar-refractivity contribution in [3.8, 4) is 50.9 Å². The van der Waals surface area contributed by atoms with E-state index in [0.29, 0.717) is 50.1 Å². The second-order valence-electron chi connectivity index (χ2n) is 32.9. The largest absolute Gasteiger partial charge is 0.486 e. The molecule has 0 spiro atoms. The SMILES string of the molecule is CC(=O)CCc1cccc(CN(Cc2ccc(-c3ccccn3)cc2)S(=O)(=O)c2cccnc2)c1.CC(=O)CCc1cccc(CN(Cc2ccc(-c3cnccn3)cc2)S(=O)(=O)c2ccccn2)c1.CC(=O)CCc1cccc(CN(Cc2ccc(-c3ncccn3)cc2)S(=O)(=O)c2ccccn2)c1.CC(=O)COc1cccc(CN(Cc2ccc(-c3ccccn3)cc2)S(=O)(=O)c2cccnc2)c1. The Labute approximate surface area is 817 Å². The quantitative estimate of drug-likeness (QED) is 0.0344. The maximum Gasteiger partial charge on any atom is 0.261 e. The van der Waals surface area contributed by atoms with E-state index >= 15 is 0 Å². The summed E-state index contributed by atoms with van der Waals surface area (Å²) in [4.78, 5) is 87.5. The van der Waals surface area contributed by atoms with Crippen molar-refractivity contribution in [1.29, 1.82) is 0 Å². The Morgan fingerprint density at radius 3 is 0.907 bits per heavy atom. The molecule has 0 unspecified atom stereocenters. The van der Waals surface area contributed by atoms with Gasteiger partial charge in [-0.25, -0.2) is 53.6 Å². The Bertz CT molecular complexity index is 6380. The molecule has 16 aromatic rings. The highest BCUT2D eigenvalue weighted by Crippen LogP contribution is 2.31. The van der Waals surface area contributed by atoms with Gasteiger partial charge in [-0.3, -0.25) is 34.7 Å². The maximum atomic E-state index is 13.6. The molecule has 16 rings (SSSR count). The number of benzene rings is 8. The predicted octanol–water partition coefficient (Wildman–Crippen LogP) is 18.5. The van der Waals surface area contributed by atoms with Crippen LogP contribution < -0.4 is 4.74 Å². The Morgan fingerprint density at radius 1 is 0.250 bits per heavy atom. The fraction of sp³-hybridized carbons (Fsp3) is 0.174. The summed E-state index contributed by atoms with van der Waals surface area (Å²) in [5, 5.41) is 0.00551. The summed E-state index contributed by atoms with van der Waals surface area (Å²) >= 11 is 0. The molecular weight excluding hydrogens is 1840 g/mol. The van der Waals surface area contributed by atoms with Crippen molar-refractivity contribution in [1.82, 2.24) is 67.1 Å². The number of hydrogen-bond acceptors (Lipinski definition) is 23. The third-order valence-electron chi connectivity index (χ3n) is 21.9. The van der Waals surface area contributed by atoms with Gasteiger partial charge in [0.25, 0.3) is 20.0 Å².